The zero-order valence-electron chi connectivity index (χ0n) is 21.9. The number of aryl methyl sites for hydroxylation is 1. The van der Waals surface area contributed by atoms with Gasteiger partial charge in [-0.3, -0.25) is 23.9 Å². The first-order chi connectivity index (χ1) is 18.0. The summed E-state index contributed by atoms with van der Waals surface area (Å²) in [6, 6.07) is 9.67. The van der Waals surface area contributed by atoms with Crippen molar-refractivity contribution >= 4 is 46.1 Å². The summed E-state index contributed by atoms with van der Waals surface area (Å²) in [7, 11) is 0. The molecule has 2 heterocycles. The van der Waals surface area contributed by atoms with Crippen LogP contribution in [0, 0.1) is 25.2 Å². The van der Waals surface area contributed by atoms with E-state index in [1.54, 1.807) is 6.08 Å². The van der Waals surface area contributed by atoms with Crippen LogP contribution in [0.2, 0.25) is 0 Å². The molecule has 200 valence electrons. The predicted octanol–water partition coefficient (Wildman–Crippen LogP) is 4.72. The summed E-state index contributed by atoms with van der Waals surface area (Å²) >= 11 is 6.61. The summed E-state index contributed by atoms with van der Waals surface area (Å²) in [5, 5.41) is 20.4. The maximum atomic E-state index is 13.1. The number of amides is 1. The standard InChI is InChI=1S/C28H31N3O5S2/c1-17(2)36-14-6-13-30-25(33)21(16-29)19(4)24(27(30)35)22(32)7-5-12-31-26(34)23(38-28(31)37)15-20-10-8-18(3)9-11-20/h8-11,15,17,35H,5-7,12-14H2,1-4H3/b23-15-. The molecule has 38 heavy (non-hydrogen) atoms. The van der Waals surface area contributed by atoms with Crippen molar-refractivity contribution < 1.29 is 19.4 Å². The fourth-order valence-electron chi connectivity index (χ4n) is 4.06. The number of carbonyl (C=O) groups excluding carboxylic acids is 2. The van der Waals surface area contributed by atoms with E-state index in [1.807, 2.05) is 51.1 Å². The molecule has 1 aliphatic rings. The van der Waals surface area contributed by atoms with Crippen LogP contribution in [-0.4, -0.2) is 49.8 Å². The minimum absolute atomic E-state index is 0.00199. The molecule has 1 aromatic carbocycles. The van der Waals surface area contributed by atoms with Crippen LogP contribution in [0.5, 0.6) is 5.88 Å². The van der Waals surface area contributed by atoms with Gasteiger partial charge in [0.25, 0.3) is 11.5 Å². The van der Waals surface area contributed by atoms with E-state index in [2.05, 4.69) is 0 Å². The fourth-order valence-corrected chi connectivity index (χ4v) is 5.37. The second-order valence-electron chi connectivity index (χ2n) is 9.31. The first-order valence-electron chi connectivity index (χ1n) is 12.4. The molecule has 1 fully saturated rings. The van der Waals surface area contributed by atoms with Gasteiger partial charge < -0.3 is 9.84 Å². The first kappa shape index (κ1) is 29.3. The van der Waals surface area contributed by atoms with Crippen LogP contribution in [0.4, 0.5) is 0 Å². The summed E-state index contributed by atoms with van der Waals surface area (Å²) in [6.45, 7) is 7.96. The predicted molar refractivity (Wildman–Crippen MR) is 152 cm³/mol. The van der Waals surface area contributed by atoms with Crippen LogP contribution in [0.15, 0.2) is 34.0 Å². The monoisotopic (exact) mass is 553 g/mol. The maximum absolute atomic E-state index is 13.1. The highest BCUT2D eigenvalue weighted by molar-refractivity contribution is 8.26. The Balaban J connectivity index is 1.71. The Hall–Kier alpha value is -3.26. The van der Waals surface area contributed by atoms with E-state index in [4.69, 9.17) is 17.0 Å². The minimum Gasteiger partial charge on any atom is -0.494 e. The summed E-state index contributed by atoms with van der Waals surface area (Å²) in [4.78, 5) is 40.8. The second kappa shape index (κ2) is 13.0. The molecule has 0 radical (unpaired) electrons. The van der Waals surface area contributed by atoms with Crippen molar-refractivity contribution in [3.63, 3.8) is 0 Å². The molecule has 0 spiro atoms. The highest BCUT2D eigenvalue weighted by atomic mass is 32.2. The Morgan fingerprint density at radius 1 is 1.18 bits per heavy atom. The molecular weight excluding hydrogens is 522 g/mol. The number of aromatic nitrogens is 1. The lowest BCUT2D eigenvalue weighted by Crippen LogP contribution is -2.30. The molecule has 0 saturated carbocycles. The lowest BCUT2D eigenvalue weighted by molar-refractivity contribution is -0.122. The highest BCUT2D eigenvalue weighted by Gasteiger charge is 2.32. The average molecular weight is 554 g/mol. The zero-order chi connectivity index (χ0) is 28.0. The summed E-state index contributed by atoms with van der Waals surface area (Å²) in [5.74, 6) is -1.08. The van der Waals surface area contributed by atoms with E-state index in [0.717, 1.165) is 15.7 Å². The number of carbonyl (C=O) groups is 2. The molecule has 3 rings (SSSR count). The number of hydrogen-bond donors (Lipinski definition) is 1. The first-order valence-corrected chi connectivity index (χ1v) is 13.6. The van der Waals surface area contributed by atoms with E-state index in [-0.39, 0.29) is 48.2 Å². The van der Waals surface area contributed by atoms with Crippen LogP contribution in [0.1, 0.15) is 65.7 Å². The highest BCUT2D eigenvalue weighted by Crippen LogP contribution is 2.33. The lowest BCUT2D eigenvalue weighted by atomic mass is 9.99. The molecule has 0 bridgehead atoms. The molecule has 0 atom stereocenters. The molecule has 1 amide bonds. The number of thioether (sulfide) groups is 1. The smallest absolute Gasteiger partial charge is 0.271 e. The minimum atomic E-state index is -0.637. The van der Waals surface area contributed by atoms with Crippen molar-refractivity contribution in [2.75, 3.05) is 13.2 Å². The van der Waals surface area contributed by atoms with Crippen LogP contribution in [0.25, 0.3) is 6.08 Å². The van der Waals surface area contributed by atoms with Gasteiger partial charge in [-0.05, 0) is 57.7 Å². The Morgan fingerprint density at radius 2 is 1.87 bits per heavy atom. The van der Waals surface area contributed by atoms with Crippen molar-refractivity contribution in [1.82, 2.24) is 9.47 Å². The van der Waals surface area contributed by atoms with Crippen LogP contribution in [0.3, 0.4) is 0 Å². The van der Waals surface area contributed by atoms with Crippen LogP contribution >= 0.6 is 24.0 Å². The average Bonchev–Trinajstić information content (AvgIpc) is 3.12. The van der Waals surface area contributed by atoms with E-state index >= 15 is 0 Å². The van der Waals surface area contributed by atoms with Crippen molar-refractivity contribution in [2.24, 2.45) is 0 Å². The normalized spacial score (nSPS) is 14.5. The molecular formula is C28H31N3O5S2. The number of ketones is 1. The Bertz CT molecular complexity index is 1370. The van der Waals surface area contributed by atoms with E-state index in [0.29, 0.717) is 28.7 Å². The number of Topliss-reactive ketones (excluding diaryl/α,β-unsaturated/α-hetero) is 1. The van der Waals surface area contributed by atoms with Gasteiger partial charge in [0, 0.05) is 26.1 Å². The van der Waals surface area contributed by atoms with Gasteiger partial charge in [0.1, 0.15) is 16.0 Å². The van der Waals surface area contributed by atoms with Gasteiger partial charge in [0.05, 0.1) is 16.6 Å². The van der Waals surface area contributed by atoms with Crippen molar-refractivity contribution in [3.8, 4) is 11.9 Å². The quantitative estimate of drug-likeness (QED) is 0.184. The molecule has 8 nitrogen and oxygen atoms in total. The van der Waals surface area contributed by atoms with Crippen molar-refractivity contribution in [3.05, 3.63) is 67.3 Å². The SMILES string of the molecule is Cc1ccc(/C=C2\SC(=S)N(CCCC(=O)c3c(C)c(C#N)c(=O)n(CCCOC(C)C)c3O)C2=O)cc1. The fraction of sp³-hybridized carbons (Fsp3) is 0.393. The summed E-state index contributed by atoms with van der Waals surface area (Å²) in [6.07, 6.45) is 2.54. The van der Waals surface area contributed by atoms with Gasteiger partial charge >= 0.3 is 0 Å². The third kappa shape index (κ3) is 6.78. The topological polar surface area (TPSA) is 113 Å². The number of rotatable bonds is 11. The number of ether oxygens (including phenoxy) is 1. The van der Waals surface area contributed by atoms with Gasteiger partial charge in [-0.2, -0.15) is 5.26 Å². The number of benzene rings is 1. The third-order valence-corrected chi connectivity index (χ3v) is 7.47. The van der Waals surface area contributed by atoms with Gasteiger partial charge in [0.2, 0.25) is 5.88 Å². The largest absolute Gasteiger partial charge is 0.494 e. The molecule has 0 aliphatic carbocycles. The maximum Gasteiger partial charge on any atom is 0.271 e. The molecule has 1 aliphatic heterocycles. The van der Waals surface area contributed by atoms with E-state index in [9.17, 15) is 24.8 Å². The van der Waals surface area contributed by atoms with Crippen molar-refractivity contribution in [2.45, 2.75) is 59.6 Å². The van der Waals surface area contributed by atoms with E-state index in [1.165, 1.54) is 23.6 Å². The molecule has 2 aromatic rings. The number of hydrogen-bond acceptors (Lipinski definition) is 8. The Morgan fingerprint density at radius 3 is 2.50 bits per heavy atom. The zero-order valence-corrected chi connectivity index (χ0v) is 23.6. The number of thiocarbonyl (C=S) groups is 1. The van der Waals surface area contributed by atoms with Crippen LogP contribution in [-0.2, 0) is 16.1 Å². The third-order valence-electron chi connectivity index (χ3n) is 6.09. The van der Waals surface area contributed by atoms with Gasteiger partial charge in [-0.15, -0.1) is 0 Å². The summed E-state index contributed by atoms with van der Waals surface area (Å²) in [5.41, 5.74) is 1.32. The number of nitriles is 1. The molecule has 0 unspecified atom stereocenters. The molecule has 10 heteroatoms. The van der Waals surface area contributed by atoms with Crippen LogP contribution < -0.4 is 5.56 Å². The number of nitrogens with zero attached hydrogens (tertiary/aromatic N) is 3. The lowest BCUT2D eigenvalue weighted by Gasteiger charge is -2.17. The second-order valence-corrected chi connectivity index (χ2v) is 11.0. The van der Waals surface area contributed by atoms with Gasteiger partial charge in [0.15, 0.2) is 5.78 Å². The molecule has 1 N–H and O–H groups in total. The van der Waals surface area contributed by atoms with Gasteiger partial charge in [-0.1, -0.05) is 53.8 Å². The summed E-state index contributed by atoms with van der Waals surface area (Å²) < 4.78 is 6.96. The Kier molecular flexibility index (Phi) is 10.0. The number of pyridine rings is 1. The molecule has 1 aromatic heterocycles. The van der Waals surface area contributed by atoms with E-state index < -0.39 is 17.2 Å². The Labute approximate surface area is 231 Å². The number of aromatic hydroxyl groups is 1. The van der Waals surface area contributed by atoms with Crippen molar-refractivity contribution in [1.29, 1.82) is 5.26 Å². The molecule has 1 saturated heterocycles. The van der Waals surface area contributed by atoms with Gasteiger partial charge in [-0.25, -0.2) is 0 Å².